The molecule has 3 heterocycles. The molecule has 3 fully saturated rings. The normalized spacial score (nSPS) is 24.3. The summed E-state index contributed by atoms with van der Waals surface area (Å²) in [6.45, 7) is 1.64. The number of rotatable bonds is 4. The lowest BCUT2D eigenvalue weighted by atomic mass is 10.1. The molecule has 1 N–H and O–H groups in total. The first-order valence-electron chi connectivity index (χ1n) is 9.55. The Bertz CT molecular complexity index is 792. The summed E-state index contributed by atoms with van der Waals surface area (Å²) < 4.78 is 1.87. The molecule has 1 atom stereocenters. The van der Waals surface area contributed by atoms with Crippen LogP contribution < -0.4 is 5.32 Å². The fraction of sp³-hybridized carbons (Fsp3) is 0.667. The average molecular weight is 340 g/mol. The van der Waals surface area contributed by atoms with Crippen molar-refractivity contribution in [2.75, 3.05) is 18.4 Å². The quantitative estimate of drug-likeness (QED) is 0.923. The first-order valence-corrected chi connectivity index (χ1v) is 9.55. The predicted octanol–water partition coefficient (Wildman–Crippen LogP) is 2.20. The number of anilines is 1. The van der Waals surface area contributed by atoms with Gasteiger partial charge in [0, 0.05) is 31.0 Å². The zero-order chi connectivity index (χ0) is 16.8. The van der Waals surface area contributed by atoms with Crippen LogP contribution in [0.15, 0.2) is 12.1 Å². The minimum Gasteiger partial charge on any atom is -0.364 e. The molecule has 2 saturated carbocycles. The van der Waals surface area contributed by atoms with E-state index in [9.17, 15) is 4.79 Å². The molecule has 1 unspecified atom stereocenters. The number of hydrogen-bond donors (Lipinski definition) is 1. The summed E-state index contributed by atoms with van der Waals surface area (Å²) in [5.74, 6) is 2.97. The van der Waals surface area contributed by atoms with Gasteiger partial charge in [-0.25, -0.2) is 0 Å². The Kier molecular flexibility index (Phi) is 3.60. The zero-order valence-electron chi connectivity index (χ0n) is 14.4. The van der Waals surface area contributed by atoms with Gasteiger partial charge in [-0.05, 0) is 44.2 Å². The molecule has 5 rings (SSSR count). The van der Waals surface area contributed by atoms with E-state index in [0.29, 0.717) is 11.8 Å². The minimum absolute atomic E-state index is 0.270. The molecule has 0 radical (unpaired) electrons. The van der Waals surface area contributed by atoms with Crippen LogP contribution in [0.5, 0.6) is 0 Å². The van der Waals surface area contributed by atoms with E-state index in [1.807, 2.05) is 21.5 Å². The van der Waals surface area contributed by atoms with E-state index in [1.54, 1.807) is 0 Å². The number of nitrogens with zero attached hydrogens (tertiary/aromatic N) is 5. The lowest BCUT2D eigenvalue weighted by molar-refractivity contribution is -0.134. The van der Waals surface area contributed by atoms with Crippen LogP contribution in [-0.2, 0) is 4.79 Å². The Morgan fingerprint density at radius 1 is 1.08 bits per heavy atom. The third-order valence-electron chi connectivity index (χ3n) is 5.79. The fourth-order valence-corrected chi connectivity index (χ4v) is 4.20. The fourth-order valence-electron chi connectivity index (χ4n) is 4.20. The molecule has 1 amide bonds. The van der Waals surface area contributed by atoms with Crippen LogP contribution in [0, 0.1) is 5.92 Å². The van der Waals surface area contributed by atoms with Crippen LogP contribution in [0.25, 0.3) is 5.65 Å². The number of aromatic nitrogens is 4. The monoisotopic (exact) mass is 340 g/mol. The van der Waals surface area contributed by atoms with Gasteiger partial charge in [0.05, 0.1) is 0 Å². The van der Waals surface area contributed by atoms with E-state index < -0.39 is 0 Å². The Morgan fingerprint density at radius 2 is 1.92 bits per heavy atom. The van der Waals surface area contributed by atoms with Gasteiger partial charge in [-0.1, -0.05) is 12.8 Å². The number of likely N-dealkylation sites (tertiary alicyclic amines) is 1. The van der Waals surface area contributed by atoms with Crippen LogP contribution in [0.4, 0.5) is 5.82 Å². The van der Waals surface area contributed by atoms with Crippen LogP contribution in [-0.4, -0.2) is 49.7 Å². The van der Waals surface area contributed by atoms with E-state index in [-0.39, 0.29) is 12.0 Å². The number of nitrogens with one attached hydrogen (secondary N) is 1. The Labute approximate surface area is 146 Å². The van der Waals surface area contributed by atoms with Crippen molar-refractivity contribution in [2.24, 2.45) is 5.92 Å². The Hall–Kier alpha value is -2.18. The van der Waals surface area contributed by atoms with Gasteiger partial charge in [-0.15, -0.1) is 15.3 Å². The number of carbonyl (C=O) groups excluding carboxylic acids is 1. The van der Waals surface area contributed by atoms with Crippen LogP contribution in [0.3, 0.4) is 0 Å². The van der Waals surface area contributed by atoms with E-state index >= 15 is 0 Å². The van der Waals surface area contributed by atoms with E-state index in [4.69, 9.17) is 0 Å². The van der Waals surface area contributed by atoms with Crippen molar-refractivity contribution < 1.29 is 4.79 Å². The summed E-state index contributed by atoms with van der Waals surface area (Å²) in [5.41, 5.74) is 0.803. The lowest BCUT2D eigenvalue weighted by Gasteiger charge is -2.20. The molecule has 1 aliphatic heterocycles. The molecule has 25 heavy (non-hydrogen) atoms. The van der Waals surface area contributed by atoms with Crippen molar-refractivity contribution in [1.29, 1.82) is 0 Å². The molecular formula is C18H24N6O. The van der Waals surface area contributed by atoms with Crippen molar-refractivity contribution >= 4 is 17.4 Å². The average Bonchev–Trinajstić information content (AvgIpc) is 3.07. The maximum atomic E-state index is 12.6. The van der Waals surface area contributed by atoms with Gasteiger partial charge >= 0.3 is 0 Å². The standard InChI is InChI=1S/C18H24N6O/c25-18(13-3-1-2-4-13)23-10-9-14(11-23)19-15-7-8-16-20-21-17(12-5-6-12)24(16)22-15/h7-8,12-14H,1-6,9-11H2,(H,19,22). The molecule has 7 heteroatoms. The maximum absolute atomic E-state index is 12.6. The highest BCUT2D eigenvalue weighted by Gasteiger charge is 2.33. The van der Waals surface area contributed by atoms with E-state index in [0.717, 1.165) is 49.6 Å². The smallest absolute Gasteiger partial charge is 0.225 e. The van der Waals surface area contributed by atoms with Gasteiger partial charge in [0.25, 0.3) is 0 Å². The van der Waals surface area contributed by atoms with Crippen molar-refractivity contribution in [1.82, 2.24) is 24.7 Å². The van der Waals surface area contributed by atoms with E-state index in [1.165, 1.54) is 25.7 Å². The summed E-state index contributed by atoms with van der Waals surface area (Å²) in [5, 5.41) is 16.7. The Balaban J connectivity index is 1.27. The number of amides is 1. The second kappa shape index (κ2) is 5.97. The molecule has 3 aliphatic rings. The first kappa shape index (κ1) is 15.1. The highest BCUT2D eigenvalue weighted by molar-refractivity contribution is 5.79. The molecule has 0 bridgehead atoms. The molecule has 0 spiro atoms. The van der Waals surface area contributed by atoms with Gasteiger partial charge < -0.3 is 10.2 Å². The topological polar surface area (TPSA) is 75.4 Å². The van der Waals surface area contributed by atoms with Gasteiger partial charge in [0.1, 0.15) is 5.82 Å². The highest BCUT2D eigenvalue weighted by atomic mass is 16.2. The zero-order valence-corrected chi connectivity index (χ0v) is 14.4. The number of hydrogen-bond acceptors (Lipinski definition) is 5. The van der Waals surface area contributed by atoms with Gasteiger partial charge in [-0.2, -0.15) is 4.52 Å². The Morgan fingerprint density at radius 3 is 2.72 bits per heavy atom. The largest absolute Gasteiger partial charge is 0.364 e. The molecule has 132 valence electrons. The summed E-state index contributed by atoms with van der Waals surface area (Å²) in [6, 6.07) is 4.20. The molecule has 2 aromatic rings. The number of fused-ring (bicyclic) bond motifs is 1. The van der Waals surface area contributed by atoms with Gasteiger partial charge in [0.2, 0.25) is 5.91 Å². The SMILES string of the molecule is O=C(C1CCCC1)N1CCC(Nc2ccc3nnc(C4CC4)n3n2)C1. The maximum Gasteiger partial charge on any atom is 0.225 e. The van der Waals surface area contributed by atoms with Gasteiger partial charge in [0.15, 0.2) is 11.5 Å². The minimum atomic E-state index is 0.270. The van der Waals surface area contributed by atoms with Crippen molar-refractivity contribution in [3.8, 4) is 0 Å². The van der Waals surface area contributed by atoms with Gasteiger partial charge in [-0.3, -0.25) is 4.79 Å². The summed E-state index contributed by atoms with van der Waals surface area (Å²) >= 11 is 0. The molecule has 0 aromatic carbocycles. The van der Waals surface area contributed by atoms with E-state index in [2.05, 4.69) is 20.6 Å². The summed E-state index contributed by atoms with van der Waals surface area (Å²) in [7, 11) is 0. The van der Waals surface area contributed by atoms with Crippen LogP contribution in [0.2, 0.25) is 0 Å². The third-order valence-corrected chi connectivity index (χ3v) is 5.79. The van der Waals surface area contributed by atoms with Crippen LogP contribution >= 0.6 is 0 Å². The van der Waals surface area contributed by atoms with Crippen molar-refractivity contribution in [2.45, 2.75) is 56.9 Å². The second-order valence-electron chi connectivity index (χ2n) is 7.72. The molecule has 1 saturated heterocycles. The molecule has 2 aromatic heterocycles. The van der Waals surface area contributed by atoms with Crippen molar-refractivity contribution in [3.05, 3.63) is 18.0 Å². The molecular weight excluding hydrogens is 316 g/mol. The van der Waals surface area contributed by atoms with Crippen molar-refractivity contribution in [3.63, 3.8) is 0 Å². The lowest BCUT2D eigenvalue weighted by Crippen LogP contribution is -2.35. The summed E-state index contributed by atoms with van der Waals surface area (Å²) in [6.07, 6.45) is 7.90. The number of carbonyl (C=O) groups is 1. The molecule has 2 aliphatic carbocycles. The second-order valence-corrected chi connectivity index (χ2v) is 7.72. The summed E-state index contributed by atoms with van der Waals surface area (Å²) in [4.78, 5) is 14.6. The third kappa shape index (κ3) is 2.85. The van der Waals surface area contributed by atoms with Crippen LogP contribution in [0.1, 0.15) is 56.7 Å². The first-order chi connectivity index (χ1) is 12.3. The molecule has 7 nitrogen and oxygen atoms in total. The highest BCUT2D eigenvalue weighted by Crippen LogP contribution is 2.38. The predicted molar refractivity (Wildman–Crippen MR) is 93.3 cm³/mol.